The third kappa shape index (κ3) is 6.80. The summed E-state index contributed by atoms with van der Waals surface area (Å²) in [7, 11) is -4.08. The van der Waals surface area contributed by atoms with Crippen molar-refractivity contribution in [2.24, 2.45) is 5.92 Å². The molecule has 1 saturated carbocycles. The highest BCUT2D eigenvalue weighted by molar-refractivity contribution is 7.52. The summed E-state index contributed by atoms with van der Waals surface area (Å²) in [6.45, 7) is 1.84. The van der Waals surface area contributed by atoms with Crippen LogP contribution in [0.1, 0.15) is 32.6 Å². The average Bonchev–Trinajstić information content (AvgIpc) is 3.26. The zero-order valence-electron chi connectivity index (χ0n) is 17.1. The Labute approximate surface area is 180 Å². The van der Waals surface area contributed by atoms with Crippen molar-refractivity contribution < 1.29 is 28.1 Å². The molecule has 166 valence electrons. The number of non-ortho nitro benzene ring substituents is 1. The first-order valence-electron chi connectivity index (χ1n) is 10.1. The molecule has 1 N–H and O–H groups in total. The highest BCUT2D eigenvalue weighted by Gasteiger charge is 2.34. The molecule has 0 aromatic heterocycles. The zero-order chi connectivity index (χ0) is 22.3. The van der Waals surface area contributed by atoms with Gasteiger partial charge in [-0.15, -0.1) is 0 Å². The van der Waals surface area contributed by atoms with Crippen LogP contribution in [-0.4, -0.2) is 23.5 Å². The Hall–Kier alpha value is -2.90. The van der Waals surface area contributed by atoms with E-state index in [0.29, 0.717) is 12.5 Å². The summed E-state index contributed by atoms with van der Waals surface area (Å²) in [6, 6.07) is 12.5. The minimum absolute atomic E-state index is 0.0869. The summed E-state index contributed by atoms with van der Waals surface area (Å²) >= 11 is 0. The minimum atomic E-state index is -4.08. The quantitative estimate of drug-likeness (QED) is 0.237. The monoisotopic (exact) mass is 448 g/mol. The molecule has 0 spiro atoms. The van der Waals surface area contributed by atoms with Gasteiger partial charge in [0.1, 0.15) is 17.5 Å². The predicted octanol–water partition coefficient (Wildman–Crippen LogP) is 4.87. The summed E-state index contributed by atoms with van der Waals surface area (Å²) in [5.41, 5.74) is -0.136. The molecule has 10 heteroatoms. The lowest BCUT2D eigenvalue weighted by molar-refractivity contribution is -0.384. The second kappa shape index (κ2) is 10.4. The highest BCUT2D eigenvalue weighted by atomic mass is 31.2. The molecule has 1 aliphatic carbocycles. The topological polar surface area (TPSA) is 117 Å². The normalized spacial score (nSPS) is 16.8. The number of carbonyl (C=O) groups is 1. The van der Waals surface area contributed by atoms with Crippen LogP contribution in [-0.2, 0) is 14.1 Å². The molecule has 0 aliphatic heterocycles. The number of rotatable bonds is 10. The number of esters is 1. The Balaban J connectivity index is 1.70. The van der Waals surface area contributed by atoms with E-state index in [2.05, 4.69) is 5.09 Å². The van der Waals surface area contributed by atoms with Crippen LogP contribution in [0.3, 0.4) is 0 Å². The molecule has 1 fully saturated rings. The first kappa shape index (κ1) is 22.8. The fourth-order valence-electron chi connectivity index (χ4n) is 3.25. The van der Waals surface area contributed by atoms with E-state index in [4.69, 9.17) is 13.8 Å². The number of ether oxygens (including phenoxy) is 1. The van der Waals surface area contributed by atoms with Gasteiger partial charge in [0.2, 0.25) is 0 Å². The van der Waals surface area contributed by atoms with Gasteiger partial charge in [0.15, 0.2) is 0 Å². The molecule has 0 saturated heterocycles. The molecule has 0 radical (unpaired) electrons. The van der Waals surface area contributed by atoms with E-state index >= 15 is 0 Å². The molecular formula is C21H25N2O7P. The third-order valence-electron chi connectivity index (χ3n) is 4.88. The van der Waals surface area contributed by atoms with Crippen molar-refractivity contribution in [2.75, 3.05) is 6.61 Å². The molecule has 1 aliphatic rings. The predicted molar refractivity (Wildman–Crippen MR) is 114 cm³/mol. The number of nitro benzene ring substituents is 1. The Morgan fingerprint density at radius 1 is 1.10 bits per heavy atom. The molecule has 2 aromatic carbocycles. The summed E-state index contributed by atoms with van der Waals surface area (Å²) in [6.07, 6.45) is 4.35. The van der Waals surface area contributed by atoms with Gasteiger partial charge < -0.3 is 13.8 Å². The second-order valence-corrected chi connectivity index (χ2v) is 8.99. The summed E-state index contributed by atoms with van der Waals surface area (Å²) in [5, 5.41) is 13.4. The molecule has 31 heavy (non-hydrogen) atoms. The molecule has 1 unspecified atom stereocenters. The fraction of sp³-hybridized carbons (Fsp3) is 0.381. The maximum absolute atomic E-state index is 13.4. The Bertz CT molecular complexity index is 931. The van der Waals surface area contributed by atoms with Crippen LogP contribution in [0.15, 0.2) is 54.6 Å². The molecule has 2 aromatic rings. The van der Waals surface area contributed by atoms with E-state index < -0.39 is 24.7 Å². The second-order valence-electron chi connectivity index (χ2n) is 7.38. The third-order valence-corrected chi connectivity index (χ3v) is 6.49. The van der Waals surface area contributed by atoms with Gasteiger partial charge in [0, 0.05) is 12.1 Å². The molecular weight excluding hydrogens is 423 g/mol. The van der Waals surface area contributed by atoms with Crippen LogP contribution in [0, 0.1) is 16.0 Å². The van der Waals surface area contributed by atoms with E-state index in [-0.39, 0.29) is 17.2 Å². The number of nitrogens with zero attached hydrogens (tertiary/aromatic N) is 1. The van der Waals surface area contributed by atoms with Crippen molar-refractivity contribution in [3.05, 3.63) is 64.7 Å². The van der Waals surface area contributed by atoms with Gasteiger partial charge in [-0.3, -0.25) is 14.9 Å². The van der Waals surface area contributed by atoms with Crippen LogP contribution >= 0.6 is 7.75 Å². The number of hydrogen-bond donors (Lipinski definition) is 1. The number of hydrogen-bond acceptors (Lipinski definition) is 7. The van der Waals surface area contributed by atoms with Crippen molar-refractivity contribution >= 4 is 19.4 Å². The fourth-order valence-corrected chi connectivity index (χ4v) is 4.77. The van der Waals surface area contributed by atoms with Crippen molar-refractivity contribution in [1.82, 2.24) is 5.09 Å². The van der Waals surface area contributed by atoms with E-state index in [0.717, 1.165) is 25.7 Å². The molecule has 0 heterocycles. The summed E-state index contributed by atoms with van der Waals surface area (Å²) in [5.74, 6) is 0.159. The minimum Gasteiger partial charge on any atom is -0.464 e. The molecule has 9 nitrogen and oxygen atoms in total. The van der Waals surface area contributed by atoms with E-state index in [1.165, 1.54) is 31.2 Å². The van der Waals surface area contributed by atoms with Crippen molar-refractivity contribution in [2.45, 2.75) is 38.6 Å². The average molecular weight is 448 g/mol. The first-order chi connectivity index (χ1) is 14.8. The zero-order valence-corrected chi connectivity index (χ0v) is 18.0. The van der Waals surface area contributed by atoms with Gasteiger partial charge in [0.25, 0.3) is 5.69 Å². The number of nitro groups is 1. The standard InChI is InChI=1S/C21H25N2O7P/c1-16(21(24)28-15-17-7-5-6-8-17)22-31(27,29-19-9-3-2-4-10-19)30-20-13-11-18(12-14-20)23(25)26/h2-4,9-14,16-17H,5-8,15H2,1H3,(H,22,27)/t16-,31?/m0/s1. The Kier molecular flexibility index (Phi) is 7.65. The maximum Gasteiger partial charge on any atom is 0.513 e. The van der Waals surface area contributed by atoms with Gasteiger partial charge in [0.05, 0.1) is 11.5 Å². The van der Waals surface area contributed by atoms with Crippen LogP contribution in [0.25, 0.3) is 0 Å². The molecule has 2 atom stereocenters. The molecule has 0 bridgehead atoms. The number of carbonyl (C=O) groups excluding carboxylic acids is 1. The van der Waals surface area contributed by atoms with Crippen LogP contribution in [0.2, 0.25) is 0 Å². The van der Waals surface area contributed by atoms with Crippen LogP contribution in [0.5, 0.6) is 11.5 Å². The smallest absolute Gasteiger partial charge is 0.464 e. The largest absolute Gasteiger partial charge is 0.513 e. The number of nitrogens with one attached hydrogen (secondary N) is 1. The lowest BCUT2D eigenvalue weighted by Crippen LogP contribution is -2.36. The van der Waals surface area contributed by atoms with Crippen molar-refractivity contribution in [1.29, 1.82) is 0 Å². The highest BCUT2D eigenvalue weighted by Crippen LogP contribution is 2.45. The first-order valence-corrected chi connectivity index (χ1v) is 11.6. The van der Waals surface area contributed by atoms with Crippen LogP contribution < -0.4 is 14.1 Å². The van der Waals surface area contributed by atoms with Crippen LogP contribution in [0.4, 0.5) is 5.69 Å². The van der Waals surface area contributed by atoms with Gasteiger partial charge in [-0.2, -0.15) is 5.09 Å². The maximum atomic E-state index is 13.4. The van der Waals surface area contributed by atoms with Gasteiger partial charge in [-0.25, -0.2) is 4.57 Å². The SMILES string of the molecule is C[C@H](NP(=O)(Oc1ccccc1)Oc1ccc([N+](=O)[O-])cc1)C(=O)OCC1CCCC1. The molecule has 3 rings (SSSR count). The van der Waals surface area contributed by atoms with Gasteiger partial charge >= 0.3 is 13.7 Å². The molecule has 0 amide bonds. The van der Waals surface area contributed by atoms with E-state index in [1.54, 1.807) is 30.3 Å². The lowest BCUT2D eigenvalue weighted by Gasteiger charge is -2.23. The number of para-hydroxylation sites is 1. The Morgan fingerprint density at radius 3 is 2.26 bits per heavy atom. The van der Waals surface area contributed by atoms with E-state index in [1.807, 2.05) is 0 Å². The lowest BCUT2D eigenvalue weighted by atomic mass is 10.1. The Morgan fingerprint density at radius 2 is 1.68 bits per heavy atom. The summed E-state index contributed by atoms with van der Waals surface area (Å²) in [4.78, 5) is 22.7. The van der Waals surface area contributed by atoms with E-state index in [9.17, 15) is 19.5 Å². The number of benzene rings is 2. The van der Waals surface area contributed by atoms with Gasteiger partial charge in [-0.05, 0) is 49.9 Å². The van der Waals surface area contributed by atoms with Crippen molar-refractivity contribution in [3.8, 4) is 11.5 Å². The van der Waals surface area contributed by atoms with Crippen molar-refractivity contribution in [3.63, 3.8) is 0 Å². The van der Waals surface area contributed by atoms with Gasteiger partial charge in [-0.1, -0.05) is 31.0 Å². The summed E-state index contributed by atoms with van der Waals surface area (Å²) < 4.78 is 29.9.